The fourth-order valence-electron chi connectivity index (χ4n) is 0. The summed E-state index contributed by atoms with van der Waals surface area (Å²) in [7, 11) is 0. The van der Waals surface area contributed by atoms with E-state index in [2.05, 4.69) is 0 Å². The maximum atomic E-state index is 0. The Balaban J connectivity index is 0. The van der Waals surface area contributed by atoms with E-state index in [1.807, 2.05) is 0 Å². The second-order valence-electron chi connectivity index (χ2n) is 0. The zero-order valence-electron chi connectivity index (χ0n) is 1.38. The first-order chi connectivity index (χ1) is 0. The van der Waals surface area contributed by atoms with Crippen LogP contribution in [0, 0.1) is 0 Å². The van der Waals surface area contributed by atoms with Gasteiger partial charge in [-0.05, 0) is 0 Å². The average Bonchev–Trinajstić information content (AvgIpc) is 0. The first-order valence-corrected chi connectivity index (χ1v) is 0. The molecule has 1 nitrogen and oxygen atoms in total. The first kappa shape index (κ1) is 58.4. The molecule has 0 aliphatic heterocycles. The predicted molar refractivity (Wildman–Crippen MR) is 14.7 cm³/mol. The third kappa shape index (κ3) is 10.4. The van der Waals surface area contributed by atoms with Gasteiger partial charge in [-0.1, -0.05) is 0 Å². The molecule has 0 spiro atoms. The van der Waals surface area contributed by atoms with Crippen molar-refractivity contribution in [3.8, 4) is 0 Å². The molecule has 0 bridgehead atoms. The topological polar surface area (TPSA) is 31.5 Å². The number of hydrogen-bond acceptors (Lipinski definition) is 0. The third-order valence-corrected chi connectivity index (χ3v) is 0. The van der Waals surface area contributed by atoms with E-state index in [1.165, 1.54) is 0 Å². The molecule has 0 atom stereocenters. The van der Waals surface area contributed by atoms with Crippen molar-refractivity contribution in [2.45, 2.75) is 0 Å². The molecule has 0 saturated carbocycles. The molecule has 0 aromatic carbocycles. The molecular formula is H5AlFHfO. The average molecular weight is 246 g/mol. The normalized spacial score (nSPS) is 0. The molecule has 0 fully saturated rings. The largest absolute Gasteiger partial charge is 0.412 e. The van der Waals surface area contributed by atoms with Crippen LogP contribution in [0.25, 0.3) is 0 Å². The zero-order valence-corrected chi connectivity index (χ0v) is 4.97. The van der Waals surface area contributed by atoms with Crippen molar-refractivity contribution in [3.05, 3.63) is 0 Å². The molecule has 4 heteroatoms. The van der Waals surface area contributed by atoms with E-state index in [4.69, 9.17) is 0 Å². The van der Waals surface area contributed by atoms with Gasteiger partial charge < -0.3 is 5.48 Å². The molecule has 0 rings (SSSR count). The Morgan fingerprint density at radius 1 is 1.00 bits per heavy atom. The van der Waals surface area contributed by atoms with Crippen LogP contribution in [-0.2, 0) is 25.8 Å². The number of halogens is 1. The molecule has 0 aliphatic rings. The van der Waals surface area contributed by atoms with Crippen LogP contribution in [0.4, 0.5) is 4.70 Å². The molecule has 0 aliphatic carbocycles. The van der Waals surface area contributed by atoms with Crippen LogP contribution in [0.15, 0.2) is 0 Å². The molecule has 25 valence electrons. The Kier molecular flexibility index (Phi) is 406. The summed E-state index contributed by atoms with van der Waals surface area (Å²) in [6.07, 6.45) is 0. The summed E-state index contributed by atoms with van der Waals surface area (Å²) in [5.74, 6) is 0. The molecule has 0 amide bonds. The zero-order chi connectivity index (χ0) is 0. The monoisotopic (exact) mass is 247 g/mol. The van der Waals surface area contributed by atoms with Crippen molar-refractivity contribution in [2.75, 3.05) is 0 Å². The molecule has 0 aromatic heterocycles. The Morgan fingerprint density at radius 3 is 1.00 bits per heavy atom. The maximum Gasteiger partial charge on any atom is 0.187 e. The van der Waals surface area contributed by atoms with E-state index in [-0.39, 0.29) is 53.4 Å². The quantitative estimate of drug-likeness (QED) is 0.461. The molecule has 4 heavy (non-hydrogen) atoms. The third-order valence-electron chi connectivity index (χ3n) is 0. The Morgan fingerprint density at radius 2 is 1.00 bits per heavy atom. The smallest absolute Gasteiger partial charge is 0.187 e. The van der Waals surface area contributed by atoms with E-state index in [9.17, 15) is 0 Å². The molecule has 0 saturated heterocycles. The number of hydrogen-bond donors (Lipinski definition) is 0. The van der Waals surface area contributed by atoms with Gasteiger partial charge in [-0.15, -0.1) is 0 Å². The molecule has 0 aromatic rings. The fourth-order valence-corrected chi connectivity index (χ4v) is 0. The van der Waals surface area contributed by atoms with Crippen molar-refractivity contribution in [3.63, 3.8) is 0 Å². The van der Waals surface area contributed by atoms with E-state index >= 15 is 0 Å². The minimum Gasteiger partial charge on any atom is -0.412 e. The summed E-state index contributed by atoms with van der Waals surface area (Å²) in [5.41, 5.74) is 0. The summed E-state index contributed by atoms with van der Waals surface area (Å²) in [6.45, 7) is 0. The van der Waals surface area contributed by atoms with Crippen molar-refractivity contribution < 1.29 is 36.0 Å². The van der Waals surface area contributed by atoms with Crippen molar-refractivity contribution >= 4 is 17.4 Å². The van der Waals surface area contributed by atoms with Crippen LogP contribution in [-0.4, -0.2) is 22.8 Å². The summed E-state index contributed by atoms with van der Waals surface area (Å²) in [6, 6.07) is 0. The molecule has 0 unspecified atom stereocenters. The maximum absolute atomic E-state index is 0. The van der Waals surface area contributed by atoms with Gasteiger partial charge in [-0.3, -0.25) is 0 Å². The fraction of sp³-hybridized carbons (Fsp3) is 0. The summed E-state index contributed by atoms with van der Waals surface area (Å²) in [5, 5.41) is 0. The van der Waals surface area contributed by atoms with Gasteiger partial charge in [0.25, 0.3) is 0 Å². The van der Waals surface area contributed by atoms with Crippen LogP contribution in [0.3, 0.4) is 0 Å². The van der Waals surface area contributed by atoms with Crippen molar-refractivity contribution in [1.82, 2.24) is 0 Å². The van der Waals surface area contributed by atoms with Gasteiger partial charge in [0, 0.05) is 30.5 Å². The summed E-state index contributed by atoms with van der Waals surface area (Å²) in [4.78, 5) is 0. The van der Waals surface area contributed by atoms with Gasteiger partial charge in [0.05, 0.1) is 0 Å². The Hall–Kier alpha value is 1.29. The SMILES string of the molecule is O.[AlH3].[F].[Hf]. The van der Waals surface area contributed by atoms with Gasteiger partial charge in [0.1, 0.15) is 0 Å². The summed E-state index contributed by atoms with van der Waals surface area (Å²) >= 11 is 0. The van der Waals surface area contributed by atoms with Gasteiger partial charge in [-0.25, -0.2) is 0 Å². The van der Waals surface area contributed by atoms with Gasteiger partial charge >= 0.3 is 0 Å². The van der Waals surface area contributed by atoms with Crippen LogP contribution < -0.4 is 0 Å². The predicted octanol–water partition coefficient (Wildman–Crippen LogP) is -1.59. The first-order valence-electron chi connectivity index (χ1n) is 0. The Bertz CT molecular complexity index is 8.00. The van der Waals surface area contributed by atoms with Gasteiger partial charge in [-0.2, -0.15) is 0 Å². The van der Waals surface area contributed by atoms with Gasteiger partial charge in [0.15, 0.2) is 17.4 Å². The molecular weight excluding hydrogens is 240 g/mol. The summed E-state index contributed by atoms with van der Waals surface area (Å²) < 4.78 is 0. The second kappa shape index (κ2) is 27.9. The van der Waals surface area contributed by atoms with Crippen molar-refractivity contribution in [1.29, 1.82) is 0 Å². The van der Waals surface area contributed by atoms with Crippen LogP contribution in [0.5, 0.6) is 0 Å². The van der Waals surface area contributed by atoms with E-state index in [0.29, 0.717) is 0 Å². The molecule has 0 heterocycles. The standard InChI is InChI=1S/Al.F.Hf.H2O.3H/h;;;1H2;;;. The van der Waals surface area contributed by atoms with Crippen molar-refractivity contribution in [2.24, 2.45) is 0 Å². The van der Waals surface area contributed by atoms with E-state index in [1.54, 1.807) is 0 Å². The van der Waals surface area contributed by atoms with E-state index < -0.39 is 0 Å². The van der Waals surface area contributed by atoms with Crippen LogP contribution >= 0.6 is 0 Å². The minimum absolute atomic E-state index is 0. The Labute approximate surface area is 53.4 Å². The number of rotatable bonds is 0. The molecule has 1 radical (unpaired) electrons. The molecule has 2 N–H and O–H groups in total. The second-order valence-corrected chi connectivity index (χ2v) is 0. The van der Waals surface area contributed by atoms with Gasteiger partial charge in [0.2, 0.25) is 0 Å². The van der Waals surface area contributed by atoms with Crippen LogP contribution in [0.2, 0.25) is 0 Å². The van der Waals surface area contributed by atoms with E-state index in [0.717, 1.165) is 0 Å². The van der Waals surface area contributed by atoms with Crippen LogP contribution in [0.1, 0.15) is 0 Å². The minimum atomic E-state index is 0.